The first-order chi connectivity index (χ1) is 19.0. The predicted molar refractivity (Wildman–Crippen MR) is 121 cm³/mol. The molecule has 1 saturated heterocycles. The molecule has 0 radical (unpaired) electrons. The average Bonchev–Trinajstić information content (AvgIpc) is 3.57. The molecule has 3 aromatic heterocycles. The van der Waals surface area contributed by atoms with Gasteiger partial charge in [-0.15, -0.1) is 0 Å². The lowest BCUT2D eigenvalue weighted by Gasteiger charge is -2.32. The molecule has 2 fully saturated rings. The summed E-state index contributed by atoms with van der Waals surface area (Å²) < 4.78 is 114. The second-order valence-electron chi connectivity index (χ2n) is 10.1. The lowest BCUT2D eigenvalue weighted by Crippen LogP contribution is -2.40. The van der Waals surface area contributed by atoms with Crippen LogP contribution in [0.1, 0.15) is 64.7 Å². The Bertz CT molecular complexity index is 1470. The van der Waals surface area contributed by atoms with Gasteiger partial charge in [0.2, 0.25) is 5.92 Å². The van der Waals surface area contributed by atoms with Crippen molar-refractivity contribution in [1.29, 1.82) is 0 Å². The molecule has 18 heteroatoms. The number of carbonyl (C=O) groups excluding carboxylic acids is 2. The molecule has 0 unspecified atom stereocenters. The van der Waals surface area contributed by atoms with Gasteiger partial charge < -0.3 is 20.5 Å². The minimum atomic E-state index is -5.10. The van der Waals surface area contributed by atoms with Crippen LogP contribution in [0.15, 0.2) is 23.0 Å². The molecule has 3 N–H and O–H groups in total. The molecule has 41 heavy (non-hydrogen) atoms. The zero-order valence-electron chi connectivity index (χ0n) is 20.8. The molecule has 2 aliphatic rings. The van der Waals surface area contributed by atoms with E-state index in [1.807, 2.05) is 5.32 Å². The summed E-state index contributed by atoms with van der Waals surface area (Å²) in [5, 5.41) is 8.97. The SMILES string of the molecule is NC(=O)c1c(C(F)(F)F)noc1[C@H](c1cn2ncc(CN3C[C@@H](C(F)(F)F)NC3=O)cc2n1)C1CCC(F)(F)CC1. The summed E-state index contributed by atoms with van der Waals surface area (Å²) in [7, 11) is 0. The maximum absolute atomic E-state index is 13.9. The van der Waals surface area contributed by atoms with Crippen molar-refractivity contribution in [3.05, 3.63) is 46.7 Å². The maximum atomic E-state index is 13.9. The number of aromatic nitrogens is 4. The number of carbonyl (C=O) groups is 2. The van der Waals surface area contributed by atoms with Crippen LogP contribution in [-0.2, 0) is 12.7 Å². The third kappa shape index (κ3) is 5.63. The number of halogens is 8. The Hall–Kier alpha value is -3.99. The number of nitrogens with one attached hydrogen (secondary N) is 1. The Morgan fingerprint density at radius 2 is 1.88 bits per heavy atom. The number of hydrogen-bond acceptors (Lipinski definition) is 6. The van der Waals surface area contributed by atoms with Gasteiger partial charge in [0.1, 0.15) is 11.6 Å². The van der Waals surface area contributed by atoms with Gasteiger partial charge in [-0.2, -0.15) is 31.4 Å². The van der Waals surface area contributed by atoms with Crippen molar-refractivity contribution < 1.29 is 49.2 Å². The average molecular weight is 595 g/mol. The third-order valence-corrected chi connectivity index (χ3v) is 7.22. The fraction of sp³-hybridized carbons (Fsp3) is 0.522. The summed E-state index contributed by atoms with van der Waals surface area (Å²) in [6, 6.07) is -1.58. The molecule has 1 aliphatic heterocycles. The monoisotopic (exact) mass is 595 g/mol. The second-order valence-corrected chi connectivity index (χ2v) is 10.1. The van der Waals surface area contributed by atoms with Gasteiger partial charge in [-0.05, 0) is 30.4 Å². The highest BCUT2D eigenvalue weighted by Crippen LogP contribution is 2.47. The van der Waals surface area contributed by atoms with Gasteiger partial charge in [0.25, 0.3) is 5.91 Å². The van der Waals surface area contributed by atoms with Crippen molar-refractivity contribution in [1.82, 2.24) is 30.0 Å². The summed E-state index contributed by atoms with van der Waals surface area (Å²) in [5.41, 5.74) is 2.97. The molecule has 1 aliphatic carbocycles. The third-order valence-electron chi connectivity index (χ3n) is 7.22. The van der Waals surface area contributed by atoms with Crippen LogP contribution >= 0.6 is 0 Å². The Morgan fingerprint density at radius 3 is 2.46 bits per heavy atom. The van der Waals surface area contributed by atoms with E-state index in [9.17, 15) is 44.7 Å². The molecule has 4 heterocycles. The highest BCUT2D eigenvalue weighted by Gasteiger charge is 2.48. The van der Waals surface area contributed by atoms with Gasteiger partial charge in [0.05, 0.1) is 30.6 Å². The van der Waals surface area contributed by atoms with Crippen LogP contribution in [0.3, 0.4) is 0 Å². The minimum Gasteiger partial charge on any atom is -0.365 e. The molecule has 222 valence electrons. The first-order valence-corrected chi connectivity index (χ1v) is 12.2. The zero-order valence-corrected chi connectivity index (χ0v) is 20.8. The number of urea groups is 1. The molecule has 3 aromatic rings. The number of imidazole rings is 1. The first kappa shape index (κ1) is 28.5. The minimum absolute atomic E-state index is 0.0216. The van der Waals surface area contributed by atoms with Gasteiger partial charge in [0.15, 0.2) is 17.1 Å². The van der Waals surface area contributed by atoms with Crippen LogP contribution < -0.4 is 11.1 Å². The van der Waals surface area contributed by atoms with Crippen LogP contribution in [0, 0.1) is 5.92 Å². The fourth-order valence-corrected chi connectivity index (χ4v) is 5.23. The molecule has 1 saturated carbocycles. The largest absolute Gasteiger partial charge is 0.437 e. The van der Waals surface area contributed by atoms with E-state index in [1.54, 1.807) is 0 Å². The number of nitrogens with two attached hydrogens (primary N) is 1. The molecule has 0 spiro atoms. The Balaban J connectivity index is 1.51. The molecular formula is C23H21F8N7O3. The number of hydrogen-bond donors (Lipinski definition) is 2. The van der Waals surface area contributed by atoms with E-state index in [4.69, 9.17) is 10.3 Å². The predicted octanol–water partition coefficient (Wildman–Crippen LogP) is 4.25. The van der Waals surface area contributed by atoms with E-state index in [-0.39, 0.29) is 30.7 Å². The Morgan fingerprint density at radius 1 is 1.20 bits per heavy atom. The van der Waals surface area contributed by atoms with Crippen molar-refractivity contribution in [2.45, 2.75) is 62.5 Å². The van der Waals surface area contributed by atoms with E-state index in [0.717, 1.165) is 4.90 Å². The quantitative estimate of drug-likeness (QED) is 0.410. The highest BCUT2D eigenvalue weighted by molar-refractivity contribution is 5.95. The summed E-state index contributed by atoms with van der Waals surface area (Å²) in [4.78, 5) is 29.4. The first-order valence-electron chi connectivity index (χ1n) is 12.2. The smallest absolute Gasteiger partial charge is 0.365 e. The molecule has 0 bridgehead atoms. The Kier molecular flexibility index (Phi) is 6.84. The molecule has 0 aromatic carbocycles. The van der Waals surface area contributed by atoms with Gasteiger partial charge >= 0.3 is 18.4 Å². The molecular weight excluding hydrogens is 574 g/mol. The van der Waals surface area contributed by atoms with Gasteiger partial charge in [-0.1, -0.05) is 5.16 Å². The van der Waals surface area contributed by atoms with Crippen molar-refractivity contribution in [2.75, 3.05) is 6.54 Å². The maximum Gasteiger partial charge on any atom is 0.437 e. The lowest BCUT2D eigenvalue weighted by molar-refractivity contribution is -0.150. The molecule has 10 nitrogen and oxygen atoms in total. The standard InChI is InChI=1S/C23H21F8N7O3/c24-21(25)3-1-11(2-4-21)15(17-16(19(32)39)18(36-41-17)23(29,30)31)12-8-38-14(34-12)5-10(6-33-38)7-37-9-13(22(26,27)28)35-20(37)40/h5-6,8,11,13,15H,1-4,7,9H2,(H2,32,39)(H,35,40)/t13-,15-/m0/s1. The van der Waals surface area contributed by atoms with Crippen LogP contribution in [-0.4, -0.2) is 61.3 Å². The number of amides is 3. The summed E-state index contributed by atoms with van der Waals surface area (Å²) in [6.45, 7) is -0.890. The molecule has 2 atom stereocenters. The van der Waals surface area contributed by atoms with E-state index < -0.39 is 84.5 Å². The van der Waals surface area contributed by atoms with Crippen molar-refractivity contribution in [2.24, 2.45) is 11.7 Å². The second kappa shape index (κ2) is 9.83. The van der Waals surface area contributed by atoms with Crippen LogP contribution in [0.2, 0.25) is 0 Å². The highest BCUT2D eigenvalue weighted by atomic mass is 19.4. The van der Waals surface area contributed by atoms with Crippen LogP contribution in [0.5, 0.6) is 0 Å². The number of rotatable bonds is 6. The molecule has 5 rings (SSSR count). The van der Waals surface area contributed by atoms with Crippen LogP contribution in [0.25, 0.3) is 5.65 Å². The van der Waals surface area contributed by atoms with E-state index in [0.29, 0.717) is 5.56 Å². The summed E-state index contributed by atoms with van der Waals surface area (Å²) in [6.07, 6.45) is -8.59. The number of primary amides is 1. The van der Waals surface area contributed by atoms with Crippen LogP contribution in [0.4, 0.5) is 39.9 Å². The summed E-state index contributed by atoms with van der Waals surface area (Å²) in [5.74, 6) is -7.01. The zero-order chi connectivity index (χ0) is 29.9. The van der Waals surface area contributed by atoms with E-state index in [2.05, 4.69) is 15.2 Å². The van der Waals surface area contributed by atoms with Gasteiger partial charge in [-0.3, -0.25) is 4.79 Å². The van der Waals surface area contributed by atoms with Crippen molar-refractivity contribution in [3.8, 4) is 0 Å². The van der Waals surface area contributed by atoms with E-state index >= 15 is 0 Å². The normalized spacial score (nSPS) is 20.9. The van der Waals surface area contributed by atoms with Crippen molar-refractivity contribution in [3.63, 3.8) is 0 Å². The number of fused-ring (bicyclic) bond motifs is 1. The van der Waals surface area contributed by atoms with Gasteiger partial charge in [-0.25, -0.2) is 23.1 Å². The van der Waals surface area contributed by atoms with Crippen molar-refractivity contribution >= 4 is 17.6 Å². The lowest BCUT2D eigenvalue weighted by atomic mass is 9.75. The molecule has 3 amide bonds. The van der Waals surface area contributed by atoms with E-state index in [1.165, 1.54) is 23.0 Å². The van der Waals surface area contributed by atoms with Gasteiger partial charge in [0, 0.05) is 19.4 Å². The number of nitrogens with zero attached hydrogens (tertiary/aromatic N) is 5. The number of alkyl halides is 8. The Labute approximate surface area is 224 Å². The summed E-state index contributed by atoms with van der Waals surface area (Å²) >= 11 is 0. The fourth-order valence-electron chi connectivity index (χ4n) is 5.23. The topological polar surface area (TPSA) is 132 Å².